The monoisotopic (exact) mass is 378 g/mol. The highest BCUT2D eigenvalue weighted by atomic mass is 16.5. The van der Waals surface area contributed by atoms with Gasteiger partial charge in [-0.25, -0.2) is 0 Å². The third-order valence-corrected chi connectivity index (χ3v) is 4.97. The molecule has 1 fully saturated rings. The lowest BCUT2D eigenvalue weighted by molar-refractivity contribution is 0.226. The number of para-hydroxylation sites is 2. The molecule has 1 aromatic heterocycles. The molecule has 1 aliphatic rings. The van der Waals surface area contributed by atoms with Gasteiger partial charge in [-0.2, -0.15) is 0 Å². The summed E-state index contributed by atoms with van der Waals surface area (Å²) in [5, 5.41) is 8.46. The zero-order valence-electron chi connectivity index (χ0n) is 16.5. The number of benzene rings is 2. The van der Waals surface area contributed by atoms with Crippen molar-refractivity contribution in [3.8, 4) is 17.2 Å². The summed E-state index contributed by atoms with van der Waals surface area (Å²) in [6.07, 6.45) is 0. The average molecular weight is 378 g/mol. The Morgan fingerprint density at radius 2 is 1.82 bits per heavy atom. The summed E-state index contributed by atoms with van der Waals surface area (Å²) in [6.45, 7) is 9.22. The fourth-order valence-corrected chi connectivity index (χ4v) is 3.55. The standard InChI is InChI=1S/C22H26N4O2/c1-3-27-20-10-5-4-9-19(20)26-13-11-25(12-14-26)16-21-23-24-22(28-21)18-8-6-7-17(2)15-18/h4-10,15H,3,11-14,16H2,1-2H3. The van der Waals surface area contributed by atoms with Crippen LogP contribution in [-0.4, -0.2) is 47.9 Å². The quantitative estimate of drug-likeness (QED) is 0.651. The van der Waals surface area contributed by atoms with E-state index in [9.17, 15) is 0 Å². The molecule has 2 heterocycles. The molecule has 0 bridgehead atoms. The second kappa shape index (κ2) is 8.44. The van der Waals surface area contributed by atoms with E-state index in [1.807, 2.05) is 31.2 Å². The molecule has 146 valence electrons. The molecule has 6 nitrogen and oxygen atoms in total. The molecular formula is C22H26N4O2. The Morgan fingerprint density at radius 3 is 2.61 bits per heavy atom. The molecule has 2 aromatic carbocycles. The van der Waals surface area contributed by atoms with Crippen LogP contribution in [0, 0.1) is 6.92 Å². The maximum absolute atomic E-state index is 5.89. The number of hydrogen-bond acceptors (Lipinski definition) is 6. The highest BCUT2D eigenvalue weighted by Crippen LogP contribution is 2.29. The molecule has 1 aliphatic heterocycles. The van der Waals surface area contributed by atoms with Crippen molar-refractivity contribution in [2.24, 2.45) is 0 Å². The summed E-state index contributed by atoms with van der Waals surface area (Å²) in [6, 6.07) is 16.4. The molecule has 0 saturated carbocycles. The molecule has 1 saturated heterocycles. The zero-order chi connectivity index (χ0) is 19.3. The van der Waals surface area contributed by atoms with Crippen LogP contribution >= 0.6 is 0 Å². The van der Waals surface area contributed by atoms with Crippen molar-refractivity contribution in [2.45, 2.75) is 20.4 Å². The summed E-state index contributed by atoms with van der Waals surface area (Å²) in [4.78, 5) is 4.74. The summed E-state index contributed by atoms with van der Waals surface area (Å²) >= 11 is 0. The highest BCUT2D eigenvalue weighted by molar-refractivity contribution is 5.58. The van der Waals surface area contributed by atoms with E-state index in [4.69, 9.17) is 9.15 Å². The smallest absolute Gasteiger partial charge is 0.247 e. The molecule has 0 amide bonds. The first-order valence-corrected chi connectivity index (χ1v) is 9.81. The van der Waals surface area contributed by atoms with Gasteiger partial charge in [0.05, 0.1) is 18.8 Å². The number of hydrogen-bond donors (Lipinski definition) is 0. The van der Waals surface area contributed by atoms with Crippen molar-refractivity contribution in [1.82, 2.24) is 15.1 Å². The summed E-state index contributed by atoms with van der Waals surface area (Å²) < 4.78 is 11.7. The first-order valence-electron chi connectivity index (χ1n) is 9.81. The number of nitrogens with zero attached hydrogens (tertiary/aromatic N) is 4. The van der Waals surface area contributed by atoms with Gasteiger partial charge in [0.2, 0.25) is 11.8 Å². The maximum atomic E-state index is 5.89. The van der Waals surface area contributed by atoms with E-state index in [2.05, 4.69) is 51.2 Å². The van der Waals surface area contributed by atoms with E-state index < -0.39 is 0 Å². The predicted octanol–water partition coefficient (Wildman–Crippen LogP) is 3.77. The van der Waals surface area contributed by atoms with Gasteiger partial charge < -0.3 is 14.1 Å². The summed E-state index contributed by atoms with van der Waals surface area (Å²) in [7, 11) is 0. The van der Waals surface area contributed by atoms with Gasteiger partial charge in [-0.1, -0.05) is 29.8 Å². The van der Waals surface area contributed by atoms with Gasteiger partial charge >= 0.3 is 0 Å². The lowest BCUT2D eigenvalue weighted by atomic mass is 10.1. The van der Waals surface area contributed by atoms with Crippen molar-refractivity contribution in [2.75, 3.05) is 37.7 Å². The van der Waals surface area contributed by atoms with Crippen LogP contribution in [0.3, 0.4) is 0 Å². The fraction of sp³-hybridized carbons (Fsp3) is 0.364. The van der Waals surface area contributed by atoms with Crippen LogP contribution in [0.2, 0.25) is 0 Å². The molecule has 4 rings (SSSR count). The molecule has 0 radical (unpaired) electrons. The van der Waals surface area contributed by atoms with Crippen LogP contribution in [0.4, 0.5) is 5.69 Å². The first-order chi connectivity index (χ1) is 13.7. The number of rotatable bonds is 6. The van der Waals surface area contributed by atoms with E-state index in [1.54, 1.807) is 0 Å². The van der Waals surface area contributed by atoms with E-state index >= 15 is 0 Å². The topological polar surface area (TPSA) is 54.6 Å². The first kappa shape index (κ1) is 18.5. The number of aromatic nitrogens is 2. The molecule has 6 heteroatoms. The molecular weight excluding hydrogens is 352 g/mol. The molecule has 0 unspecified atom stereocenters. The SMILES string of the molecule is CCOc1ccccc1N1CCN(Cc2nnc(-c3cccc(C)c3)o2)CC1. The van der Waals surface area contributed by atoms with Gasteiger partial charge in [0, 0.05) is 31.7 Å². The van der Waals surface area contributed by atoms with Gasteiger partial charge in [0.1, 0.15) is 5.75 Å². The van der Waals surface area contributed by atoms with Crippen LogP contribution in [-0.2, 0) is 6.54 Å². The van der Waals surface area contributed by atoms with Gasteiger partial charge in [-0.15, -0.1) is 10.2 Å². The van der Waals surface area contributed by atoms with Crippen LogP contribution in [0.25, 0.3) is 11.5 Å². The number of anilines is 1. The van der Waals surface area contributed by atoms with E-state index in [0.29, 0.717) is 24.9 Å². The Bertz CT molecular complexity index is 916. The lowest BCUT2D eigenvalue weighted by Gasteiger charge is -2.36. The maximum Gasteiger partial charge on any atom is 0.247 e. The lowest BCUT2D eigenvalue weighted by Crippen LogP contribution is -2.46. The minimum Gasteiger partial charge on any atom is -0.492 e. The van der Waals surface area contributed by atoms with Crippen molar-refractivity contribution in [3.05, 3.63) is 60.0 Å². The molecule has 0 spiro atoms. The highest BCUT2D eigenvalue weighted by Gasteiger charge is 2.21. The van der Waals surface area contributed by atoms with Crippen LogP contribution in [0.1, 0.15) is 18.4 Å². The normalized spacial score (nSPS) is 15.0. The molecule has 0 N–H and O–H groups in total. The van der Waals surface area contributed by atoms with Gasteiger partial charge in [0.15, 0.2) is 0 Å². The third-order valence-electron chi connectivity index (χ3n) is 4.97. The van der Waals surface area contributed by atoms with Gasteiger partial charge in [-0.05, 0) is 38.1 Å². The Labute approximate surface area is 165 Å². The second-order valence-electron chi connectivity index (χ2n) is 7.03. The number of ether oxygens (including phenoxy) is 1. The van der Waals surface area contributed by atoms with E-state index in [1.165, 1.54) is 11.3 Å². The molecule has 0 atom stereocenters. The second-order valence-corrected chi connectivity index (χ2v) is 7.03. The predicted molar refractivity (Wildman–Crippen MR) is 110 cm³/mol. The summed E-state index contributed by atoms with van der Waals surface area (Å²) in [5.41, 5.74) is 3.32. The number of aryl methyl sites for hydroxylation is 1. The Morgan fingerprint density at radius 1 is 1.00 bits per heavy atom. The fourth-order valence-electron chi connectivity index (χ4n) is 3.55. The van der Waals surface area contributed by atoms with Crippen LogP contribution in [0.15, 0.2) is 52.9 Å². The van der Waals surface area contributed by atoms with Gasteiger partial charge in [-0.3, -0.25) is 4.90 Å². The molecule has 0 aliphatic carbocycles. The van der Waals surface area contributed by atoms with E-state index in [-0.39, 0.29) is 0 Å². The summed E-state index contributed by atoms with van der Waals surface area (Å²) in [5.74, 6) is 2.21. The Balaban J connectivity index is 1.36. The third kappa shape index (κ3) is 4.17. The minimum absolute atomic E-state index is 0.586. The van der Waals surface area contributed by atoms with Crippen molar-refractivity contribution >= 4 is 5.69 Å². The van der Waals surface area contributed by atoms with Gasteiger partial charge in [0.25, 0.3) is 0 Å². The molecule has 3 aromatic rings. The number of piperazine rings is 1. The Kier molecular flexibility index (Phi) is 5.58. The largest absolute Gasteiger partial charge is 0.492 e. The average Bonchev–Trinajstić information content (AvgIpc) is 3.18. The van der Waals surface area contributed by atoms with E-state index in [0.717, 1.165) is 37.5 Å². The minimum atomic E-state index is 0.586. The van der Waals surface area contributed by atoms with Crippen molar-refractivity contribution < 1.29 is 9.15 Å². The van der Waals surface area contributed by atoms with Crippen molar-refractivity contribution in [1.29, 1.82) is 0 Å². The van der Waals surface area contributed by atoms with Crippen LogP contribution < -0.4 is 9.64 Å². The van der Waals surface area contributed by atoms with Crippen molar-refractivity contribution in [3.63, 3.8) is 0 Å². The zero-order valence-corrected chi connectivity index (χ0v) is 16.5. The van der Waals surface area contributed by atoms with Crippen LogP contribution in [0.5, 0.6) is 5.75 Å². The Hall–Kier alpha value is -2.86. The molecule has 28 heavy (non-hydrogen) atoms.